The molecule has 0 amide bonds. The molecule has 2 heteroatoms. The molecule has 0 bridgehead atoms. The van der Waals surface area contributed by atoms with Crippen LogP contribution in [0.2, 0.25) is 0 Å². The maximum Gasteiger partial charge on any atom is 0.306 e. The van der Waals surface area contributed by atoms with Crippen molar-refractivity contribution < 1.29 is 9.53 Å². The number of allylic oxidation sites excluding steroid dienone is 3. The molecule has 270 valence electrons. The van der Waals surface area contributed by atoms with Crippen LogP contribution in [0.15, 0.2) is 23.3 Å². The first-order valence-electron chi connectivity index (χ1n) is 21.2. The zero-order chi connectivity index (χ0) is 33.9. The molecular formula is C45H78O2. The average Bonchev–Trinajstić information content (AvgIpc) is 3.41. The normalized spacial score (nSPS) is 32.8. The maximum absolute atomic E-state index is 12.8. The van der Waals surface area contributed by atoms with Crippen LogP contribution in [0.1, 0.15) is 203 Å². The lowest BCUT2D eigenvalue weighted by Crippen LogP contribution is -2.51. The molecule has 0 aromatic rings. The number of fused-ring (bicyclic) bond motifs is 5. The van der Waals surface area contributed by atoms with Crippen LogP contribution in [0.5, 0.6) is 0 Å². The zero-order valence-electron chi connectivity index (χ0n) is 32.5. The largest absolute Gasteiger partial charge is 0.462 e. The number of carbonyl (C=O) groups is 1. The smallest absolute Gasteiger partial charge is 0.306 e. The van der Waals surface area contributed by atoms with Crippen molar-refractivity contribution in [2.75, 3.05) is 0 Å². The van der Waals surface area contributed by atoms with Crippen molar-refractivity contribution in [3.05, 3.63) is 23.3 Å². The molecule has 4 aliphatic rings. The van der Waals surface area contributed by atoms with Crippen molar-refractivity contribution in [2.45, 2.75) is 209 Å². The van der Waals surface area contributed by atoms with Gasteiger partial charge in [-0.05, 0) is 117 Å². The molecule has 0 heterocycles. The van der Waals surface area contributed by atoms with E-state index in [1.54, 1.807) is 11.1 Å². The highest BCUT2D eigenvalue weighted by molar-refractivity contribution is 5.69. The van der Waals surface area contributed by atoms with Crippen LogP contribution in [0.4, 0.5) is 0 Å². The molecule has 0 spiro atoms. The molecule has 4 aliphatic carbocycles. The van der Waals surface area contributed by atoms with Gasteiger partial charge in [0, 0.05) is 12.8 Å². The van der Waals surface area contributed by atoms with Crippen molar-refractivity contribution in [1.29, 1.82) is 0 Å². The summed E-state index contributed by atoms with van der Waals surface area (Å²) < 4.78 is 6.13. The van der Waals surface area contributed by atoms with E-state index in [9.17, 15) is 4.79 Å². The fourth-order valence-corrected chi connectivity index (χ4v) is 11.6. The molecule has 0 N–H and O–H groups in total. The van der Waals surface area contributed by atoms with E-state index in [1.165, 1.54) is 128 Å². The average molecular weight is 651 g/mol. The molecule has 4 rings (SSSR count). The summed E-state index contributed by atoms with van der Waals surface area (Å²) >= 11 is 0. The van der Waals surface area contributed by atoms with Gasteiger partial charge in [-0.15, -0.1) is 0 Å². The minimum atomic E-state index is 0.0606. The van der Waals surface area contributed by atoms with Crippen LogP contribution in [0.25, 0.3) is 0 Å². The Morgan fingerprint density at radius 3 is 2.09 bits per heavy atom. The molecule has 47 heavy (non-hydrogen) atoms. The minimum absolute atomic E-state index is 0.0606. The fraction of sp³-hybridized carbons (Fsp3) is 0.889. The van der Waals surface area contributed by atoms with E-state index >= 15 is 0 Å². The van der Waals surface area contributed by atoms with Gasteiger partial charge < -0.3 is 4.74 Å². The number of ether oxygens (including phenoxy) is 1. The molecular weight excluding hydrogens is 572 g/mol. The van der Waals surface area contributed by atoms with Gasteiger partial charge in [0.25, 0.3) is 0 Å². The third kappa shape index (κ3) is 10.0. The number of hydrogen-bond acceptors (Lipinski definition) is 2. The highest BCUT2D eigenvalue weighted by atomic mass is 16.5. The number of carbonyl (C=O) groups excluding carboxylic acids is 1. The highest BCUT2D eigenvalue weighted by Crippen LogP contribution is 2.67. The van der Waals surface area contributed by atoms with E-state index in [4.69, 9.17) is 4.74 Å². The van der Waals surface area contributed by atoms with Crippen LogP contribution in [0.3, 0.4) is 0 Å². The Morgan fingerprint density at radius 1 is 0.830 bits per heavy atom. The van der Waals surface area contributed by atoms with Gasteiger partial charge in [-0.25, -0.2) is 0 Å². The van der Waals surface area contributed by atoms with Gasteiger partial charge in [0.05, 0.1) is 0 Å². The van der Waals surface area contributed by atoms with E-state index in [-0.39, 0.29) is 12.1 Å². The summed E-state index contributed by atoms with van der Waals surface area (Å²) in [6.07, 6.45) is 36.1. The predicted octanol–water partition coefficient (Wildman–Crippen LogP) is 14.0. The Labute approximate surface area is 293 Å². The molecule has 8 atom stereocenters. The first-order chi connectivity index (χ1) is 22.6. The maximum atomic E-state index is 12.8. The number of hydrogen-bond donors (Lipinski definition) is 0. The fourth-order valence-electron chi connectivity index (χ4n) is 11.6. The second kappa shape index (κ2) is 18.8. The van der Waals surface area contributed by atoms with Crippen molar-refractivity contribution in [2.24, 2.45) is 46.3 Å². The van der Waals surface area contributed by atoms with Crippen molar-refractivity contribution in [3.63, 3.8) is 0 Å². The molecule has 0 aliphatic heterocycles. The van der Waals surface area contributed by atoms with Gasteiger partial charge in [0.2, 0.25) is 0 Å². The number of rotatable bonds is 20. The molecule has 0 saturated heterocycles. The summed E-state index contributed by atoms with van der Waals surface area (Å²) in [7, 11) is 0. The van der Waals surface area contributed by atoms with E-state index in [1.807, 2.05) is 0 Å². The van der Waals surface area contributed by atoms with Gasteiger partial charge in [-0.3, -0.25) is 4.79 Å². The van der Waals surface area contributed by atoms with E-state index in [2.05, 4.69) is 60.6 Å². The van der Waals surface area contributed by atoms with Crippen LogP contribution < -0.4 is 0 Å². The zero-order valence-corrected chi connectivity index (χ0v) is 32.5. The summed E-state index contributed by atoms with van der Waals surface area (Å²) in [5, 5.41) is 0. The second-order valence-electron chi connectivity index (χ2n) is 17.9. The number of esters is 1. The molecule has 0 aromatic carbocycles. The third-order valence-corrected chi connectivity index (χ3v) is 14.6. The molecule has 0 unspecified atom stereocenters. The Hall–Kier alpha value is -1.05. The summed E-state index contributed by atoms with van der Waals surface area (Å²) in [5.41, 5.74) is 4.14. The van der Waals surface area contributed by atoms with Gasteiger partial charge in [0.15, 0.2) is 0 Å². The quantitative estimate of drug-likeness (QED) is 0.0744. The van der Waals surface area contributed by atoms with Gasteiger partial charge >= 0.3 is 5.97 Å². The SMILES string of the molecule is C/C=C(\CC[C@@H](C)[C@H]1CC[C@H]2[C@@H]3CC=C4C[C@@H](OC(=O)CCCCCCCCCCCCCCC)CC[C@]4(C)[C@H]3CC[C@]12C)C(C)C. The highest BCUT2D eigenvalue weighted by Gasteiger charge is 2.59. The predicted molar refractivity (Wildman–Crippen MR) is 202 cm³/mol. The third-order valence-electron chi connectivity index (χ3n) is 14.6. The van der Waals surface area contributed by atoms with Crippen molar-refractivity contribution in [3.8, 4) is 0 Å². The Bertz CT molecular complexity index is 1010. The monoisotopic (exact) mass is 651 g/mol. The van der Waals surface area contributed by atoms with E-state index < -0.39 is 0 Å². The lowest BCUT2D eigenvalue weighted by molar-refractivity contribution is -0.151. The van der Waals surface area contributed by atoms with Crippen molar-refractivity contribution >= 4 is 5.97 Å². The number of unbranched alkanes of at least 4 members (excludes halogenated alkanes) is 12. The summed E-state index contributed by atoms with van der Waals surface area (Å²) in [5.74, 6) is 5.04. The first-order valence-corrected chi connectivity index (χ1v) is 21.2. The Balaban J connectivity index is 1.16. The Morgan fingerprint density at radius 2 is 1.47 bits per heavy atom. The molecule has 3 fully saturated rings. The minimum Gasteiger partial charge on any atom is -0.462 e. The summed E-state index contributed by atoms with van der Waals surface area (Å²) in [6.45, 7) is 17.1. The standard InChI is InChI=1S/C45H78O2/c1-8-10-11-12-13-14-15-16-17-18-19-20-21-22-43(46)47-38-29-31-44(6)37(33-38)25-26-39-41-28-27-40(45(41,7)32-30-42(39)44)35(5)23-24-36(9-2)34(3)4/h9,25,34-35,38-42H,8,10-24,26-33H2,1-7H3/b36-9+/t35-,38+,39+,40-,41+,42+,44+,45-/m1/s1. The van der Waals surface area contributed by atoms with Gasteiger partial charge in [-0.1, -0.05) is 142 Å². The van der Waals surface area contributed by atoms with Gasteiger partial charge in [-0.2, -0.15) is 0 Å². The summed E-state index contributed by atoms with van der Waals surface area (Å²) in [6, 6.07) is 0. The lowest BCUT2D eigenvalue weighted by atomic mass is 9.47. The van der Waals surface area contributed by atoms with Crippen LogP contribution in [0, 0.1) is 46.3 Å². The van der Waals surface area contributed by atoms with Crippen LogP contribution >= 0.6 is 0 Å². The molecule has 0 aromatic heterocycles. The van der Waals surface area contributed by atoms with Gasteiger partial charge in [0.1, 0.15) is 6.10 Å². The van der Waals surface area contributed by atoms with Crippen LogP contribution in [-0.2, 0) is 9.53 Å². The lowest BCUT2D eigenvalue weighted by Gasteiger charge is -2.58. The first kappa shape index (κ1) is 38.7. The molecule has 0 radical (unpaired) electrons. The molecule has 3 saturated carbocycles. The van der Waals surface area contributed by atoms with Crippen molar-refractivity contribution in [1.82, 2.24) is 0 Å². The Kier molecular flexibility index (Phi) is 15.5. The second-order valence-corrected chi connectivity index (χ2v) is 17.9. The topological polar surface area (TPSA) is 26.3 Å². The van der Waals surface area contributed by atoms with E-state index in [0.29, 0.717) is 23.2 Å². The summed E-state index contributed by atoms with van der Waals surface area (Å²) in [4.78, 5) is 12.8. The van der Waals surface area contributed by atoms with Crippen LogP contribution in [-0.4, -0.2) is 12.1 Å². The molecule has 2 nitrogen and oxygen atoms in total. The van der Waals surface area contributed by atoms with E-state index in [0.717, 1.165) is 48.9 Å².